The number of carbonyl (C=O) groups excluding carboxylic acids is 1. The number of rotatable bonds is 3. The molecule has 1 amide bonds. The highest BCUT2D eigenvalue weighted by molar-refractivity contribution is 7.20. The van der Waals surface area contributed by atoms with Gasteiger partial charge in [0.1, 0.15) is 0 Å². The number of thiophene rings is 1. The lowest BCUT2D eigenvalue weighted by Gasteiger charge is -1.98. The SMILES string of the molecule is CC#CCCNC(=O)c1cc2ccccc2s1. The summed E-state index contributed by atoms with van der Waals surface area (Å²) in [6, 6.07) is 9.94. The summed E-state index contributed by atoms with van der Waals surface area (Å²) < 4.78 is 1.14. The van der Waals surface area contributed by atoms with E-state index in [0.29, 0.717) is 13.0 Å². The van der Waals surface area contributed by atoms with E-state index < -0.39 is 0 Å². The summed E-state index contributed by atoms with van der Waals surface area (Å²) in [5.74, 6) is 5.71. The fourth-order valence-corrected chi connectivity index (χ4v) is 2.52. The van der Waals surface area contributed by atoms with Crippen LogP contribution in [0.5, 0.6) is 0 Å². The van der Waals surface area contributed by atoms with Crippen LogP contribution in [-0.2, 0) is 0 Å². The van der Waals surface area contributed by atoms with Crippen molar-refractivity contribution in [2.45, 2.75) is 13.3 Å². The first-order valence-corrected chi connectivity index (χ1v) is 6.29. The molecule has 2 aromatic rings. The smallest absolute Gasteiger partial charge is 0.261 e. The maximum atomic E-state index is 11.8. The van der Waals surface area contributed by atoms with E-state index in [1.165, 1.54) is 11.3 Å². The van der Waals surface area contributed by atoms with Crippen LogP contribution in [0.2, 0.25) is 0 Å². The zero-order chi connectivity index (χ0) is 12.1. The summed E-state index contributed by atoms with van der Waals surface area (Å²) in [7, 11) is 0. The zero-order valence-corrected chi connectivity index (χ0v) is 10.4. The Bertz CT molecular complexity index is 556. The van der Waals surface area contributed by atoms with Crippen LogP contribution in [-0.4, -0.2) is 12.5 Å². The Kier molecular flexibility index (Phi) is 3.79. The monoisotopic (exact) mass is 243 g/mol. The van der Waals surface area contributed by atoms with Gasteiger partial charge < -0.3 is 5.32 Å². The van der Waals surface area contributed by atoms with Crippen molar-refractivity contribution < 1.29 is 4.79 Å². The molecule has 0 radical (unpaired) electrons. The van der Waals surface area contributed by atoms with Crippen molar-refractivity contribution in [1.29, 1.82) is 0 Å². The van der Waals surface area contributed by atoms with Crippen LogP contribution in [0.4, 0.5) is 0 Å². The maximum Gasteiger partial charge on any atom is 0.261 e. The molecule has 2 rings (SSSR count). The molecule has 0 aliphatic heterocycles. The zero-order valence-electron chi connectivity index (χ0n) is 9.62. The first-order valence-electron chi connectivity index (χ1n) is 5.47. The molecule has 0 saturated carbocycles. The summed E-state index contributed by atoms with van der Waals surface area (Å²) >= 11 is 1.52. The molecule has 1 heterocycles. The number of hydrogen-bond donors (Lipinski definition) is 1. The Labute approximate surface area is 105 Å². The van der Waals surface area contributed by atoms with Crippen LogP contribution in [0.25, 0.3) is 10.1 Å². The Hall–Kier alpha value is -1.79. The highest BCUT2D eigenvalue weighted by Crippen LogP contribution is 2.24. The van der Waals surface area contributed by atoms with Crippen molar-refractivity contribution in [3.63, 3.8) is 0 Å². The molecule has 3 heteroatoms. The molecular formula is C14H13NOS. The van der Waals surface area contributed by atoms with Gasteiger partial charge in [-0.05, 0) is 24.4 Å². The molecular weight excluding hydrogens is 230 g/mol. The average Bonchev–Trinajstić information content (AvgIpc) is 2.78. The molecule has 0 saturated heterocycles. The summed E-state index contributed by atoms with van der Waals surface area (Å²) in [6.45, 7) is 2.40. The minimum Gasteiger partial charge on any atom is -0.350 e. The van der Waals surface area contributed by atoms with Gasteiger partial charge in [0, 0.05) is 17.7 Å². The topological polar surface area (TPSA) is 29.1 Å². The van der Waals surface area contributed by atoms with Crippen LogP contribution in [0.15, 0.2) is 30.3 Å². The minimum atomic E-state index is -0.0101. The largest absolute Gasteiger partial charge is 0.350 e. The predicted molar refractivity (Wildman–Crippen MR) is 72.2 cm³/mol. The van der Waals surface area contributed by atoms with Gasteiger partial charge in [-0.1, -0.05) is 18.2 Å². The van der Waals surface area contributed by atoms with Crippen molar-refractivity contribution in [2.24, 2.45) is 0 Å². The number of carbonyl (C=O) groups is 1. The van der Waals surface area contributed by atoms with E-state index in [4.69, 9.17) is 0 Å². The van der Waals surface area contributed by atoms with Crippen molar-refractivity contribution in [2.75, 3.05) is 6.54 Å². The Morgan fingerprint density at radius 2 is 2.24 bits per heavy atom. The molecule has 17 heavy (non-hydrogen) atoms. The van der Waals surface area contributed by atoms with E-state index in [1.54, 1.807) is 6.92 Å². The summed E-state index contributed by atoms with van der Waals surface area (Å²) in [6.07, 6.45) is 0.702. The number of hydrogen-bond acceptors (Lipinski definition) is 2. The van der Waals surface area contributed by atoms with Gasteiger partial charge >= 0.3 is 0 Å². The standard InChI is InChI=1S/C14H13NOS/c1-2-3-6-9-15-14(16)13-10-11-7-4-5-8-12(11)17-13/h4-5,7-8,10H,6,9H2,1H3,(H,15,16). The lowest BCUT2D eigenvalue weighted by Crippen LogP contribution is -2.23. The van der Waals surface area contributed by atoms with E-state index in [2.05, 4.69) is 17.2 Å². The van der Waals surface area contributed by atoms with Crippen LogP contribution < -0.4 is 5.32 Å². The van der Waals surface area contributed by atoms with Crippen LogP contribution in [0, 0.1) is 11.8 Å². The molecule has 1 aromatic heterocycles. The molecule has 1 N–H and O–H groups in total. The number of benzene rings is 1. The number of nitrogens with one attached hydrogen (secondary N) is 1. The van der Waals surface area contributed by atoms with Crippen LogP contribution in [0.3, 0.4) is 0 Å². The first kappa shape index (κ1) is 11.7. The van der Waals surface area contributed by atoms with E-state index in [9.17, 15) is 4.79 Å². The number of amides is 1. The summed E-state index contributed by atoms with van der Waals surface area (Å²) in [5.41, 5.74) is 0. The summed E-state index contributed by atoms with van der Waals surface area (Å²) in [4.78, 5) is 12.6. The van der Waals surface area contributed by atoms with Gasteiger partial charge in [-0.25, -0.2) is 0 Å². The number of fused-ring (bicyclic) bond motifs is 1. The molecule has 86 valence electrons. The van der Waals surface area contributed by atoms with Gasteiger partial charge in [0.2, 0.25) is 0 Å². The molecule has 0 bridgehead atoms. The van der Waals surface area contributed by atoms with Gasteiger partial charge in [0.15, 0.2) is 0 Å². The second-order valence-corrected chi connectivity index (χ2v) is 4.66. The Morgan fingerprint density at radius 1 is 1.41 bits per heavy atom. The third-order valence-electron chi connectivity index (χ3n) is 2.36. The second-order valence-electron chi connectivity index (χ2n) is 3.58. The molecule has 0 unspecified atom stereocenters. The molecule has 0 aliphatic carbocycles. The van der Waals surface area contributed by atoms with Crippen molar-refractivity contribution in [1.82, 2.24) is 5.32 Å². The van der Waals surface area contributed by atoms with Gasteiger partial charge in [-0.2, -0.15) is 0 Å². The first-order chi connectivity index (χ1) is 8.31. The third-order valence-corrected chi connectivity index (χ3v) is 3.48. The van der Waals surface area contributed by atoms with Crippen LogP contribution >= 0.6 is 11.3 Å². The summed E-state index contributed by atoms with van der Waals surface area (Å²) in [5, 5.41) is 3.98. The molecule has 0 atom stereocenters. The fraction of sp³-hybridized carbons (Fsp3) is 0.214. The molecule has 0 fully saturated rings. The average molecular weight is 243 g/mol. The molecule has 0 aliphatic rings. The van der Waals surface area contributed by atoms with E-state index in [0.717, 1.165) is 15.0 Å². The van der Waals surface area contributed by atoms with Crippen molar-refractivity contribution in [3.8, 4) is 11.8 Å². The Morgan fingerprint density at radius 3 is 3.00 bits per heavy atom. The van der Waals surface area contributed by atoms with Gasteiger partial charge in [-0.3, -0.25) is 4.79 Å². The van der Waals surface area contributed by atoms with Crippen molar-refractivity contribution in [3.05, 3.63) is 35.2 Å². The highest BCUT2D eigenvalue weighted by atomic mass is 32.1. The fourth-order valence-electron chi connectivity index (χ4n) is 1.54. The maximum absolute atomic E-state index is 11.8. The van der Waals surface area contributed by atoms with E-state index in [-0.39, 0.29) is 5.91 Å². The van der Waals surface area contributed by atoms with Gasteiger partial charge in [-0.15, -0.1) is 23.2 Å². The predicted octanol–water partition coefficient (Wildman–Crippen LogP) is 3.04. The van der Waals surface area contributed by atoms with Crippen molar-refractivity contribution >= 4 is 27.3 Å². The Balaban J connectivity index is 2.05. The van der Waals surface area contributed by atoms with Crippen LogP contribution in [0.1, 0.15) is 23.0 Å². The quantitative estimate of drug-likeness (QED) is 0.651. The molecule has 2 nitrogen and oxygen atoms in total. The van der Waals surface area contributed by atoms with E-state index in [1.807, 2.05) is 30.3 Å². The van der Waals surface area contributed by atoms with Gasteiger partial charge in [0.05, 0.1) is 4.88 Å². The lowest BCUT2D eigenvalue weighted by molar-refractivity contribution is 0.0958. The minimum absolute atomic E-state index is 0.0101. The molecule has 1 aromatic carbocycles. The van der Waals surface area contributed by atoms with E-state index >= 15 is 0 Å². The molecule has 0 spiro atoms. The third kappa shape index (κ3) is 2.86. The lowest BCUT2D eigenvalue weighted by atomic mass is 10.2. The normalized spacial score (nSPS) is 9.71. The highest BCUT2D eigenvalue weighted by Gasteiger charge is 2.08. The second kappa shape index (κ2) is 5.51. The van der Waals surface area contributed by atoms with Gasteiger partial charge in [0.25, 0.3) is 5.91 Å².